The third-order valence-corrected chi connectivity index (χ3v) is 5.77. The van der Waals surface area contributed by atoms with Gasteiger partial charge in [-0.2, -0.15) is 5.10 Å². The molecule has 0 atom stereocenters. The molecule has 5 rings (SSSR count). The molecule has 1 aliphatic rings. The van der Waals surface area contributed by atoms with Crippen LogP contribution >= 0.6 is 0 Å². The van der Waals surface area contributed by atoms with Crippen LogP contribution in [0.5, 0.6) is 0 Å². The SMILES string of the molecule is Cc1ccccc1-c1c(-c2ccc(C3(N)CCC3)cc2)nc2cccnn12. The average molecular weight is 354 g/mol. The number of fused-ring (bicyclic) bond motifs is 1. The van der Waals surface area contributed by atoms with E-state index in [4.69, 9.17) is 10.7 Å². The summed E-state index contributed by atoms with van der Waals surface area (Å²) in [5, 5.41) is 4.56. The summed E-state index contributed by atoms with van der Waals surface area (Å²) in [6, 6.07) is 20.9. The average Bonchev–Trinajstić information content (AvgIpc) is 3.06. The van der Waals surface area contributed by atoms with Gasteiger partial charge in [0.25, 0.3) is 0 Å². The fourth-order valence-electron chi connectivity index (χ4n) is 3.98. The molecule has 0 spiro atoms. The summed E-state index contributed by atoms with van der Waals surface area (Å²) in [5.41, 5.74) is 13.8. The molecule has 0 bridgehead atoms. The van der Waals surface area contributed by atoms with Gasteiger partial charge in [-0.15, -0.1) is 0 Å². The zero-order chi connectivity index (χ0) is 18.4. The van der Waals surface area contributed by atoms with E-state index in [0.29, 0.717) is 0 Å². The van der Waals surface area contributed by atoms with E-state index in [1.165, 1.54) is 17.5 Å². The van der Waals surface area contributed by atoms with E-state index in [9.17, 15) is 0 Å². The molecule has 2 aromatic carbocycles. The first kappa shape index (κ1) is 16.2. The Hall–Kier alpha value is -2.98. The van der Waals surface area contributed by atoms with Crippen molar-refractivity contribution in [2.75, 3.05) is 0 Å². The summed E-state index contributed by atoms with van der Waals surface area (Å²) in [6.45, 7) is 2.12. The molecule has 4 heteroatoms. The highest BCUT2D eigenvalue weighted by atomic mass is 15.3. The van der Waals surface area contributed by atoms with Gasteiger partial charge in [-0.1, -0.05) is 48.5 Å². The van der Waals surface area contributed by atoms with Crippen LogP contribution in [0.4, 0.5) is 0 Å². The van der Waals surface area contributed by atoms with Crippen molar-refractivity contribution in [3.63, 3.8) is 0 Å². The van der Waals surface area contributed by atoms with Crippen LogP contribution < -0.4 is 5.73 Å². The van der Waals surface area contributed by atoms with Gasteiger partial charge in [0, 0.05) is 22.9 Å². The fraction of sp³-hybridized carbons (Fsp3) is 0.217. The fourth-order valence-corrected chi connectivity index (χ4v) is 3.98. The molecule has 2 heterocycles. The summed E-state index contributed by atoms with van der Waals surface area (Å²) in [6.07, 6.45) is 5.16. The second-order valence-corrected chi connectivity index (χ2v) is 7.50. The highest BCUT2D eigenvalue weighted by molar-refractivity contribution is 5.83. The molecule has 4 nitrogen and oxygen atoms in total. The molecule has 134 valence electrons. The molecular weight excluding hydrogens is 332 g/mol. The number of imidazole rings is 1. The normalized spacial score (nSPS) is 15.6. The van der Waals surface area contributed by atoms with E-state index in [2.05, 4.69) is 60.6 Å². The molecular formula is C23H22N4. The second kappa shape index (κ2) is 6.03. The third-order valence-electron chi connectivity index (χ3n) is 5.77. The Bertz CT molecular complexity index is 1120. The lowest BCUT2D eigenvalue weighted by atomic mass is 9.72. The van der Waals surface area contributed by atoms with E-state index in [1.54, 1.807) is 6.20 Å². The van der Waals surface area contributed by atoms with Gasteiger partial charge in [0.1, 0.15) is 5.69 Å². The van der Waals surface area contributed by atoms with E-state index in [1.807, 2.05) is 16.6 Å². The van der Waals surface area contributed by atoms with E-state index >= 15 is 0 Å². The number of nitrogens with zero attached hydrogens (tertiary/aromatic N) is 3. The van der Waals surface area contributed by atoms with Crippen LogP contribution in [0.3, 0.4) is 0 Å². The lowest BCUT2D eigenvalue weighted by molar-refractivity contribution is 0.253. The smallest absolute Gasteiger partial charge is 0.154 e. The molecule has 0 aliphatic heterocycles. The summed E-state index contributed by atoms with van der Waals surface area (Å²) >= 11 is 0. The van der Waals surface area contributed by atoms with Gasteiger partial charge in [0.05, 0.1) is 5.69 Å². The highest BCUT2D eigenvalue weighted by Gasteiger charge is 2.34. The van der Waals surface area contributed by atoms with Crippen molar-refractivity contribution >= 4 is 5.65 Å². The Labute approximate surface area is 158 Å². The van der Waals surface area contributed by atoms with E-state index in [-0.39, 0.29) is 5.54 Å². The summed E-state index contributed by atoms with van der Waals surface area (Å²) < 4.78 is 1.93. The minimum atomic E-state index is -0.141. The van der Waals surface area contributed by atoms with Gasteiger partial charge in [-0.05, 0) is 49.4 Å². The maximum atomic E-state index is 6.49. The van der Waals surface area contributed by atoms with Crippen LogP contribution in [-0.4, -0.2) is 14.6 Å². The van der Waals surface area contributed by atoms with Crippen LogP contribution in [0, 0.1) is 6.92 Å². The number of aromatic nitrogens is 3. The molecule has 27 heavy (non-hydrogen) atoms. The molecule has 0 saturated heterocycles. The Balaban J connectivity index is 1.69. The first-order chi connectivity index (χ1) is 13.2. The van der Waals surface area contributed by atoms with Gasteiger partial charge < -0.3 is 5.73 Å². The highest BCUT2D eigenvalue weighted by Crippen LogP contribution is 2.40. The molecule has 0 amide bonds. The van der Waals surface area contributed by atoms with E-state index in [0.717, 1.165) is 41.0 Å². The third kappa shape index (κ3) is 2.56. The molecule has 2 N–H and O–H groups in total. The molecule has 2 aromatic heterocycles. The van der Waals surface area contributed by atoms with Crippen molar-refractivity contribution in [3.8, 4) is 22.5 Å². The van der Waals surface area contributed by atoms with Crippen LogP contribution in [-0.2, 0) is 5.54 Å². The maximum Gasteiger partial charge on any atom is 0.154 e. The standard InChI is InChI=1S/C23H22N4/c1-16-6-2-3-7-19(16)22-21(26-20-8-4-15-25-27(20)22)17-9-11-18(12-10-17)23(24)13-5-14-23/h2-4,6-12,15H,5,13-14,24H2,1H3. The summed E-state index contributed by atoms with van der Waals surface area (Å²) in [4.78, 5) is 4.90. The van der Waals surface area contributed by atoms with Crippen LogP contribution in [0.15, 0.2) is 66.9 Å². The molecule has 1 fully saturated rings. The van der Waals surface area contributed by atoms with Crippen molar-refractivity contribution in [1.29, 1.82) is 0 Å². The van der Waals surface area contributed by atoms with Crippen molar-refractivity contribution in [1.82, 2.24) is 14.6 Å². The monoisotopic (exact) mass is 354 g/mol. The van der Waals surface area contributed by atoms with Gasteiger partial charge in [-0.3, -0.25) is 0 Å². The number of nitrogens with two attached hydrogens (primary N) is 1. The number of aryl methyl sites for hydroxylation is 1. The maximum absolute atomic E-state index is 6.49. The largest absolute Gasteiger partial charge is 0.321 e. The van der Waals surface area contributed by atoms with Gasteiger partial charge in [0.15, 0.2) is 5.65 Å². The topological polar surface area (TPSA) is 56.2 Å². The van der Waals surface area contributed by atoms with Gasteiger partial charge in [0.2, 0.25) is 0 Å². The quantitative estimate of drug-likeness (QED) is 0.580. The zero-order valence-electron chi connectivity index (χ0n) is 15.4. The van der Waals surface area contributed by atoms with Crippen LogP contribution in [0.1, 0.15) is 30.4 Å². The lowest BCUT2D eigenvalue weighted by Crippen LogP contribution is -2.43. The summed E-state index contributed by atoms with van der Waals surface area (Å²) in [7, 11) is 0. The lowest BCUT2D eigenvalue weighted by Gasteiger charge is -2.38. The Morgan fingerprint density at radius 3 is 2.44 bits per heavy atom. The predicted octanol–water partition coefficient (Wildman–Crippen LogP) is 4.71. The molecule has 0 unspecified atom stereocenters. The molecule has 4 aromatic rings. The number of rotatable bonds is 3. The number of hydrogen-bond acceptors (Lipinski definition) is 3. The molecule has 0 radical (unpaired) electrons. The molecule has 1 saturated carbocycles. The zero-order valence-corrected chi connectivity index (χ0v) is 15.4. The number of hydrogen-bond donors (Lipinski definition) is 1. The van der Waals surface area contributed by atoms with E-state index < -0.39 is 0 Å². The Kier molecular flexibility index (Phi) is 3.62. The van der Waals surface area contributed by atoms with Crippen molar-refractivity contribution in [3.05, 3.63) is 78.0 Å². The van der Waals surface area contributed by atoms with Crippen molar-refractivity contribution < 1.29 is 0 Å². The first-order valence-corrected chi connectivity index (χ1v) is 9.45. The second-order valence-electron chi connectivity index (χ2n) is 7.50. The minimum Gasteiger partial charge on any atom is -0.321 e. The number of benzene rings is 2. The van der Waals surface area contributed by atoms with Crippen molar-refractivity contribution in [2.45, 2.75) is 31.7 Å². The first-order valence-electron chi connectivity index (χ1n) is 9.45. The van der Waals surface area contributed by atoms with Crippen molar-refractivity contribution in [2.24, 2.45) is 5.73 Å². The molecule has 1 aliphatic carbocycles. The van der Waals surface area contributed by atoms with Gasteiger partial charge in [-0.25, -0.2) is 9.50 Å². The van der Waals surface area contributed by atoms with Gasteiger partial charge >= 0.3 is 0 Å². The minimum absolute atomic E-state index is 0.141. The Morgan fingerprint density at radius 1 is 0.963 bits per heavy atom. The predicted molar refractivity (Wildman–Crippen MR) is 108 cm³/mol. The summed E-state index contributed by atoms with van der Waals surface area (Å²) in [5.74, 6) is 0. The van der Waals surface area contributed by atoms with Crippen LogP contribution in [0.25, 0.3) is 28.2 Å². The Morgan fingerprint density at radius 2 is 1.74 bits per heavy atom. The van der Waals surface area contributed by atoms with Crippen LogP contribution in [0.2, 0.25) is 0 Å².